The summed E-state index contributed by atoms with van der Waals surface area (Å²) in [6.45, 7) is 8.34. The molecule has 24 heavy (non-hydrogen) atoms. The number of methoxy groups -OCH3 is 1. The number of carbonyl (C=O) groups is 1. The number of aromatic nitrogens is 2. The third-order valence-corrected chi connectivity index (χ3v) is 3.85. The highest BCUT2D eigenvalue weighted by Crippen LogP contribution is 2.20. The van der Waals surface area contributed by atoms with Gasteiger partial charge >= 0.3 is 5.69 Å². The van der Waals surface area contributed by atoms with Crippen molar-refractivity contribution in [3.05, 3.63) is 20.8 Å². The molecule has 1 aromatic rings. The van der Waals surface area contributed by atoms with Crippen molar-refractivity contribution in [3.63, 3.8) is 0 Å². The van der Waals surface area contributed by atoms with Crippen LogP contribution in [-0.4, -0.2) is 35.7 Å². The van der Waals surface area contributed by atoms with Crippen molar-refractivity contribution < 1.29 is 9.53 Å². The van der Waals surface area contributed by atoms with E-state index in [4.69, 9.17) is 10.5 Å². The number of rotatable bonds is 8. The van der Waals surface area contributed by atoms with E-state index in [1.165, 1.54) is 16.6 Å². The molecule has 0 bridgehead atoms. The molecule has 8 heteroatoms. The van der Waals surface area contributed by atoms with E-state index in [0.29, 0.717) is 13.0 Å². The molecule has 0 aromatic carbocycles. The van der Waals surface area contributed by atoms with Gasteiger partial charge in [0.15, 0.2) is 5.69 Å². The standard InChI is InChI=1S/C16H28N4O4/c1-6-11(4)15(22)19(7-8-24-5)12-13(17)20(9-10(2)3)16(23)18-14(12)21/h10-11H,6-9,17H2,1-5H3,(H,18,21,23). The van der Waals surface area contributed by atoms with E-state index < -0.39 is 11.2 Å². The highest BCUT2D eigenvalue weighted by Gasteiger charge is 2.26. The average Bonchev–Trinajstić information content (AvgIpc) is 2.52. The van der Waals surface area contributed by atoms with Crippen molar-refractivity contribution in [1.29, 1.82) is 0 Å². The summed E-state index contributed by atoms with van der Waals surface area (Å²) in [5, 5.41) is 0. The first-order valence-electron chi connectivity index (χ1n) is 8.17. The molecule has 1 unspecified atom stereocenters. The van der Waals surface area contributed by atoms with Crippen LogP contribution in [0.15, 0.2) is 9.59 Å². The lowest BCUT2D eigenvalue weighted by molar-refractivity contribution is -0.122. The minimum absolute atomic E-state index is 0.00482. The first-order chi connectivity index (χ1) is 11.2. The lowest BCUT2D eigenvalue weighted by Gasteiger charge is -2.26. The van der Waals surface area contributed by atoms with Crippen molar-refractivity contribution in [3.8, 4) is 0 Å². The Labute approximate surface area is 141 Å². The first kappa shape index (κ1) is 20.0. The number of nitrogens with one attached hydrogen (secondary N) is 1. The number of anilines is 2. The van der Waals surface area contributed by atoms with Gasteiger partial charge in [-0.15, -0.1) is 0 Å². The van der Waals surface area contributed by atoms with Gasteiger partial charge in [-0.05, 0) is 12.3 Å². The summed E-state index contributed by atoms with van der Waals surface area (Å²) in [5.74, 6) is -0.334. The molecule has 3 N–H and O–H groups in total. The van der Waals surface area contributed by atoms with Crippen LogP contribution in [0.25, 0.3) is 0 Å². The van der Waals surface area contributed by atoms with Crippen LogP contribution in [0.2, 0.25) is 0 Å². The van der Waals surface area contributed by atoms with E-state index in [0.717, 1.165) is 0 Å². The van der Waals surface area contributed by atoms with Gasteiger partial charge < -0.3 is 15.4 Å². The highest BCUT2D eigenvalue weighted by molar-refractivity contribution is 5.96. The highest BCUT2D eigenvalue weighted by atomic mass is 16.5. The number of ether oxygens (including phenoxy) is 1. The molecule has 0 aliphatic carbocycles. The summed E-state index contributed by atoms with van der Waals surface area (Å²) in [7, 11) is 1.51. The first-order valence-corrected chi connectivity index (χ1v) is 8.17. The van der Waals surface area contributed by atoms with Gasteiger partial charge in [-0.1, -0.05) is 27.7 Å². The third kappa shape index (κ3) is 4.47. The Morgan fingerprint density at radius 3 is 2.46 bits per heavy atom. The predicted octanol–water partition coefficient (Wildman–Crippen LogP) is 0.800. The normalized spacial score (nSPS) is 12.4. The minimum Gasteiger partial charge on any atom is -0.383 e. The summed E-state index contributed by atoms with van der Waals surface area (Å²) in [6, 6.07) is 0. The van der Waals surface area contributed by atoms with E-state index >= 15 is 0 Å². The van der Waals surface area contributed by atoms with Gasteiger partial charge in [0.05, 0.1) is 6.61 Å². The van der Waals surface area contributed by atoms with Crippen LogP contribution in [0.1, 0.15) is 34.1 Å². The van der Waals surface area contributed by atoms with Gasteiger partial charge in [0, 0.05) is 26.1 Å². The number of nitrogen functional groups attached to an aromatic ring is 1. The zero-order valence-corrected chi connectivity index (χ0v) is 15.1. The number of H-pyrrole nitrogens is 1. The van der Waals surface area contributed by atoms with Crippen LogP contribution in [0, 0.1) is 11.8 Å². The van der Waals surface area contributed by atoms with Crippen LogP contribution in [0.4, 0.5) is 11.5 Å². The molecule has 1 rings (SSSR count). The Morgan fingerprint density at radius 2 is 1.96 bits per heavy atom. The number of nitrogens with zero attached hydrogens (tertiary/aromatic N) is 2. The number of hydrogen-bond acceptors (Lipinski definition) is 5. The molecule has 0 radical (unpaired) electrons. The van der Waals surface area contributed by atoms with Crippen molar-refractivity contribution in [2.24, 2.45) is 11.8 Å². The van der Waals surface area contributed by atoms with E-state index in [2.05, 4.69) is 4.98 Å². The van der Waals surface area contributed by atoms with Crippen molar-refractivity contribution in [1.82, 2.24) is 9.55 Å². The van der Waals surface area contributed by atoms with Crippen molar-refractivity contribution in [2.45, 2.75) is 40.7 Å². The summed E-state index contributed by atoms with van der Waals surface area (Å²) in [4.78, 5) is 40.6. The number of nitrogens with two attached hydrogens (primary N) is 1. The maximum Gasteiger partial charge on any atom is 0.330 e. The average molecular weight is 340 g/mol. The molecule has 136 valence electrons. The van der Waals surface area contributed by atoms with Crippen molar-refractivity contribution in [2.75, 3.05) is 30.9 Å². The van der Waals surface area contributed by atoms with Gasteiger partial charge in [-0.2, -0.15) is 0 Å². The predicted molar refractivity (Wildman–Crippen MR) is 94.3 cm³/mol. The fraction of sp³-hybridized carbons (Fsp3) is 0.688. The Hall–Kier alpha value is -2.09. The molecule has 0 spiro atoms. The van der Waals surface area contributed by atoms with Crippen LogP contribution in [-0.2, 0) is 16.1 Å². The molecular weight excluding hydrogens is 312 g/mol. The zero-order valence-electron chi connectivity index (χ0n) is 15.1. The zero-order chi connectivity index (χ0) is 18.4. The second-order valence-electron chi connectivity index (χ2n) is 6.29. The monoisotopic (exact) mass is 340 g/mol. The fourth-order valence-electron chi connectivity index (χ4n) is 2.34. The van der Waals surface area contributed by atoms with Crippen LogP contribution >= 0.6 is 0 Å². The molecule has 8 nitrogen and oxygen atoms in total. The molecule has 1 amide bonds. The smallest absolute Gasteiger partial charge is 0.330 e. The van der Waals surface area contributed by atoms with Crippen LogP contribution in [0.3, 0.4) is 0 Å². The van der Waals surface area contributed by atoms with Gasteiger partial charge in [0.25, 0.3) is 5.56 Å². The Balaban J connectivity index is 3.49. The topological polar surface area (TPSA) is 110 Å². The van der Waals surface area contributed by atoms with Crippen molar-refractivity contribution >= 4 is 17.4 Å². The Morgan fingerprint density at radius 1 is 1.33 bits per heavy atom. The molecule has 0 aliphatic heterocycles. The second-order valence-corrected chi connectivity index (χ2v) is 6.29. The van der Waals surface area contributed by atoms with E-state index in [1.54, 1.807) is 6.92 Å². The number of hydrogen-bond donors (Lipinski definition) is 2. The molecule has 0 saturated heterocycles. The fourth-order valence-corrected chi connectivity index (χ4v) is 2.34. The maximum atomic E-state index is 12.7. The minimum atomic E-state index is -0.662. The second kappa shape index (κ2) is 8.68. The molecule has 1 heterocycles. The van der Waals surface area contributed by atoms with Crippen LogP contribution < -0.4 is 21.9 Å². The quantitative estimate of drug-likeness (QED) is 0.727. The van der Waals surface area contributed by atoms with Crippen LogP contribution in [0.5, 0.6) is 0 Å². The summed E-state index contributed by atoms with van der Waals surface area (Å²) in [5.41, 5.74) is 4.87. The summed E-state index contributed by atoms with van der Waals surface area (Å²) >= 11 is 0. The molecule has 1 aromatic heterocycles. The van der Waals surface area contributed by atoms with E-state index in [1.807, 2.05) is 20.8 Å². The molecule has 0 saturated carbocycles. The maximum absolute atomic E-state index is 12.7. The SMILES string of the molecule is CCC(C)C(=O)N(CCOC)c1c(N)n(CC(C)C)c(=O)[nH]c1=O. The van der Waals surface area contributed by atoms with E-state index in [9.17, 15) is 14.4 Å². The summed E-state index contributed by atoms with van der Waals surface area (Å²) < 4.78 is 6.34. The van der Waals surface area contributed by atoms with Gasteiger partial charge in [-0.3, -0.25) is 19.1 Å². The summed E-state index contributed by atoms with van der Waals surface area (Å²) in [6.07, 6.45) is 0.631. The molecule has 0 aliphatic rings. The van der Waals surface area contributed by atoms with Gasteiger partial charge in [-0.25, -0.2) is 4.79 Å². The number of amides is 1. The lowest BCUT2D eigenvalue weighted by Crippen LogP contribution is -2.44. The van der Waals surface area contributed by atoms with E-state index in [-0.39, 0.29) is 42.4 Å². The number of carbonyl (C=O) groups excluding carboxylic acids is 1. The molecule has 1 atom stereocenters. The largest absolute Gasteiger partial charge is 0.383 e. The van der Waals surface area contributed by atoms with Gasteiger partial charge in [0.2, 0.25) is 5.91 Å². The molecule has 0 fully saturated rings. The Kier molecular flexibility index (Phi) is 7.21. The Bertz CT molecular complexity index is 678. The van der Waals surface area contributed by atoms with Gasteiger partial charge in [0.1, 0.15) is 5.82 Å². The molecular formula is C16H28N4O4. The number of aromatic amines is 1. The lowest BCUT2D eigenvalue weighted by atomic mass is 10.1. The third-order valence-electron chi connectivity index (χ3n) is 3.85.